The summed E-state index contributed by atoms with van der Waals surface area (Å²) in [5, 5.41) is 0. The topological polar surface area (TPSA) is 4.93 Å². The van der Waals surface area contributed by atoms with E-state index in [1.165, 1.54) is 22.5 Å². The molecule has 0 aliphatic heterocycles. The molecule has 1 nitrogen and oxygen atoms in total. The number of aryl methyl sites for hydroxylation is 2. The molecule has 0 aliphatic carbocycles. The van der Waals surface area contributed by atoms with E-state index in [-0.39, 0.29) is 0 Å². The van der Waals surface area contributed by atoms with Crippen molar-refractivity contribution < 1.29 is 0 Å². The first kappa shape index (κ1) is 11.7. The lowest BCUT2D eigenvalue weighted by Crippen LogP contribution is -1.98. The highest BCUT2D eigenvalue weighted by Gasteiger charge is 2.07. The van der Waals surface area contributed by atoms with Crippen LogP contribution in [0.15, 0.2) is 43.0 Å². The Labute approximate surface area is 103 Å². The Bertz CT molecular complexity index is 529. The van der Waals surface area contributed by atoms with Crippen LogP contribution < -0.4 is 0 Å². The van der Waals surface area contributed by atoms with Gasteiger partial charge in [0.1, 0.15) is 0 Å². The monoisotopic (exact) mass is 225 g/mol. The molecule has 1 heteroatoms. The van der Waals surface area contributed by atoms with Gasteiger partial charge in [0.2, 0.25) is 0 Å². The molecule has 0 bridgehead atoms. The van der Waals surface area contributed by atoms with E-state index in [1.807, 2.05) is 0 Å². The lowest BCUT2D eigenvalue weighted by Gasteiger charge is -2.09. The molecule has 88 valence electrons. The van der Waals surface area contributed by atoms with Crippen molar-refractivity contribution in [3.8, 4) is 0 Å². The molecule has 1 heterocycles. The Balaban J connectivity index is 2.33. The molecule has 0 aliphatic rings. The summed E-state index contributed by atoms with van der Waals surface area (Å²) in [6.45, 7) is 8.48. The summed E-state index contributed by atoms with van der Waals surface area (Å²) in [5.74, 6) is 0. The molecule has 0 spiro atoms. The molecule has 1 aromatic heterocycles. The molecular formula is C16H19N. The van der Waals surface area contributed by atoms with Gasteiger partial charge in [-0.2, -0.15) is 0 Å². The number of benzene rings is 1. The summed E-state index contributed by atoms with van der Waals surface area (Å²) < 4.78 is 2.18. The van der Waals surface area contributed by atoms with Crippen molar-refractivity contribution in [3.05, 3.63) is 65.5 Å². The standard InChI is InChI=1S/C16H19N/c1-5-14-7-9-15(10-8-14)13(3)16-11-6-12(2)17(16)4/h6-11H,3,5H2,1-2,4H3. The largest absolute Gasteiger partial charge is 0.348 e. The second-order valence-corrected chi connectivity index (χ2v) is 4.45. The lowest BCUT2D eigenvalue weighted by molar-refractivity contribution is 0.867. The highest BCUT2D eigenvalue weighted by molar-refractivity contribution is 5.76. The van der Waals surface area contributed by atoms with E-state index in [9.17, 15) is 0 Å². The van der Waals surface area contributed by atoms with Crippen molar-refractivity contribution >= 4 is 5.57 Å². The number of aromatic nitrogens is 1. The quantitative estimate of drug-likeness (QED) is 0.745. The number of nitrogens with zero attached hydrogens (tertiary/aromatic N) is 1. The summed E-state index contributed by atoms with van der Waals surface area (Å²) >= 11 is 0. The zero-order valence-electron chi connectivity index (χ0n) is 10.8. The van der Waals surface area contributed by atoms with Gasteiger partial charge in [-0.25, -0.2) is 0 Å². The minimum Gasteiger partial charge on any atom is -0.348 e. The Hall–Kier alpha value is -1.76. The Kier molecular flexibility index (Phi) is 3.19. The summed E-state index contributed by atoms with van der Waals surface area (Å²) in [6.07, 6.45) is 1.08. The van der Waals surface area contributed by atoms with Crippen molar-refractivity contribution in [3.63, 3.8) is 0 Å². The molecule has 0 saturated carbocycles. The number of hydrogen-bond donors (Lipinski definition) is 0. The third-order valence-electron chi connectivity index (χ3n) is 3.39. The van der Waals surface area contributed by atoms with E-state index in [0.29, 0.717) is 0 Å². The van der Waals surface area contributed by atoms with E-state index in [1.54, 1.807) is 0 Å². The van der Waals surface area contributed by atoms with Crippen molar-refractivity contribution in [2.45, 2.75) is 20.3 Å². The molecule has 17 heavy (non-hydrogen) atoms. The summed E-state index contributed by atoms with van der Waals surface area (Å²) in [6, 6.07) is 12.9. The molecule has 0 atom stereocenters. The molecule has 1 aromatic carbocycles. The second kappa shape index (κ2) is 4.62. The third kappa shape index (κ3) is 2.19. The Morgan fingerprint density at radius 3 is 2.24 bits per heavy atom. The predicted octanol–water partition coefficient (Wildman–Crippen LogP) is 3.96. The number of rotatable bonds is 3. The van der Waals surface area contributed by atoms with Crippen LogP contribution in [0.3, 0.4) is 0 Å². The van der Waals surface area contributed by atoms with Crippen LogP contribution in [0, 0.1) is 6.92 Å². The first-order valence-electron chi connectivity index (χ1n) is 6.04. The normalized spacial score (nSPS) is 10.5. The molecule has 2 aromatic rings. The maximum atomic E-state index is 4.20. The average molecular weight is 225 g/mol. The van der Waals surface area contributed by atoms with Crippen LogP contribution >= 0.6 is 0 Å². The molecule has 0 saturated heterocycles. The minimum absolute atomic E-state index is 1.08. The van der Waals surface area contributed by atoms with E-state index >= 15 is 0 Å². The van der Waals surface area contributed by atoms with Gasteiger partial charge in [-0.05, 0) is 42.2 Å². The molecule has 0 amide bonds. The fourth-order valence-corrected chi connectivity index (χ4v) is 2.01. The van der Waals surface area contributed by atoms with Gasteiger partial charge in [-0.3, -0.25) is 0 Å². The zero-order valence-corrected chi connectivity index (χ0v) is 10.8. The van der Waals surface area contributed by atoms with Crippen molar-refractivity contribution in [2.24, 2.45) is 7.05 Å². The molecular weight excluding hydrogens is 206 g/mol. The van der Waals surface area contributed by atoms with Gasteiger partial charge < -0.3 is 4.57 Å². The molecule has 0 N–H and O–H groups in total. The van der Waals surface area contributed by atoms with Gasteiger partial charge in [0.25, 0.3) is 0 Å². The second-order valence-electron chi connectivity index (χ2n) is 4.45. The van der Waals surface area contributed by atoms with E-state index < -0.39 is 0 Å². The van der Waals surface area contributed by atoms with Gasteiger partial charge in [-0.15, -0.1) is 0 Å². The van der Waals surface area contributed by atoms with Crippen LogP contribution in [-0.4, -0.2) is 4.57 Å². The Morgan fingerprint density at radius 1 is 1.12 bits per heavy atom. The van der Waals surface area contributed by atoms with E-state index in [0.717, 1.165) is 12.0 Å². The summed E-state index contributed by atoms with van der Waals surface area (Å²) in [4.78, 5) is 0. The molecule has 0 radical (unpaired) electrons. The average Bonchev–Trinajstić information content (AvgIpc) is 2.69. The van der Waals surface area contributed by atoms with Crippen molar-refractivity contribution in [1.29, 1.82) is 0 Å². The molecule has 2 rings (SSSR count). The smallest absolute Gasteiger partial charge is 0.0479 e. The summed E-state index contributed by atoms with van der Waals surface area (Å²) in [5.41, 5.74) is 6.09. The number of hydrogen-bond acceptors (Lipinski definition) is 0. The molecule has 0 fully saturated rings. The minimum atomic E-state index is 1.08. The first-order valence-corrected chi connectivity index (χ1v) is 6.04. The zero-order chi connectivity index (χ0) is 12.4. The van der Waals surface area contributed by atoms with Crippen molar-refractivity contribution in [2.75, 3.05) is 0 Å². The highest BCUT2D eigenvalue weighted by Crippen LogP contribution is 2.23. The van der Waals surface area contributed by atoms with Gasteiger partial charge >= 0.3 is 0 Å². The van der Waals surface area contributed by atoms with Gasteiger partial charge in [0, 0.05) is 18.4 Å². The van der Waals surface area contributed by atoms with Crippen LogP contribution in [0.4, 0.5) is 0 Å². The first-order chi connectivity index (χ1) is 8.13. The van der Waals surface area contributed by atoms with Gasteiger partial charge in [0.15, 0.2) is 0 Å². The van der Waals surface area contributed by atoms with E-state index in [4.69, 9.17) is 0 Å². The summed E-state index contributed by atoms with van der Waals surface area (Å²) in [7, 11) is 2.08. The van der Waals surface area contributed by atoms with E-state index in [2.05, 4.69) is 68.4 Å². The molecule has 0 unspecified atom stereocenters. The van der Waals surface area contributed by atoms with Crippen LogP contribution in [-0.2, 0) is 13.5 Å². The predicted molar refractivity (Wildman–Crippen MR) is 74.1 cm³/mol. The maximum absolute atomic E-state index is 4.20. The van der Waals surface area contributed by atoms with Gasteiger partial charge in [0.05, 0.1) is 0 Å². The van der Waals surface area contributed by atoms with Crippen LogP contribution in [0.25, 0.3) is 5.57 Å². The van der Waals surface area contributed by atoms with Crippen LogP contribution in [0.2, 0.25) is 0 Å². The van der Waals surface area contributed by atoms with Gasteiger partial charge in [-0.1, -0.05) is 37.8 Å². The third-order valence-corrected chi connectivity index (χ3v) is 3.39. The Morgan fingerprint density at radius 2 is 1.76 bits per heavy atom. The highest BCUT2D eigenvalue weighted by atomic mass is 14.9. The van der Waals surface area contributed by atoms with Crippen LogP contribution in [0.5, 0.6) is 0 Å². The lowest BCUT2D eigenvalue weighted by atomic mass is 10.0. The van der Waals surface area contributed by atoms with Crippen molar-refractivity contribution in [1.82, 2.24) is 4.57 Å². The fraction of sp³-hybridized carbons (Fsp3) is 0.250. The maximum Gasteiger partial charge on any atom is 0.0479 e. The fourth-order valence-electron chi connectivity index (χ4n) is 2.01. The van der Waals surface area contributed by atoms with Crippen LogP contribution in [0.1, 0.15) is 29.4 Å². The SMILES string of the molecule is C=C(c1ccc(CC)cc1)c1ccc(C)n1C.